The first kappa shape index (κ1) is 13.6. The number of anilines is 1. The van der Waals surface area contributed by atoms with Crippen LogP contribution in [-0.2, 0) is 4.79 Å². The van der Waals surface area contributed by atoms with Gasteiger partial charge in [0.1, 0.15) is 0 Å². The molecule has 0 saturated carbocycles. The molecule has 1 aromatic carbocycles. The summed E-state index contributed by atoms with van der Waals surface area (Å²) in [4.78, 5) is 11.9. The lowest BCUT2D eigenvalue weighted by Gasteiger charge is -2.20. The number of carbonyl (C=O) groups is 1. The minimum Gasteiger partial charge on any atom is -0.398 e. The zero-order valence-corrected chi connectivity index (χ0v) is 11.0. The molecule has 1 aromatic rings. The van der Waals surface area contributed by atoms with Crippen LogP contribution < -0.4 is 11.1 Å². The smallest absolute Gasteiger partial charge is 0.223 e. The molecule has 0 aliphatic carbocycles. The molecular formula is C14H22N2O. The van der Waals surface area contributed by atoms with Crippen LogP contribution in [0.3, 0.4) is 0 Å². The average molecular weight is 234 g/mol. The number of nitrogens with two attached hydrogens (primary N) is 1. The van der Waals surface area contributed by atoms with Crippen molar-refractivity contribution in [1.29, 1.82) is 0 Å². The predicted octanol–water partition coefficient (Wildman–Crippen LogP) is 2.74. The summed E-state index contributed by atoms with van der Waals surface area (Å²) in [7, 11) is 0. The van der Waals surface area contributed by atoms with Gasteiger partial charge in [-0.3, -0.25) is 4.79 Å². The van der Waals surface area contributed by atoms with Crippen molar-refractivity contribution < 1.29 is 4.79 Å². The lowest BCUT2D eigenvalue weighted by atomic mass is 9.96. The number of benzene rings is 1. The molecule has 1 amide bonds. The Morgan fingerprint density at radius 2 is 1.76 bits per heavy atom. The summed E-state index contributed by atoms with van der Waals surface area (Å²) < 4.78 is 0. The lowest BCUT2D eigenvalue weighted by molar-refractivity contribution is -0.126. The van der Waals surface area contributed by atoms with Gasteiger partial charge in [0, 0.05) is 11.6 Å². The fourth-order valence-electron chi connectivity index (χ4n) is 1.63. The van der Waals surface area contributed by atoms with Crippen LogP contribution in [0.25, 0.3) is 0 Å². The van der Waals surface area contributed by atoms with Gasteiger partial charge >= 0.3 is 0 Å². The molecule has 0 aliphatic heterocycles. The summed E-state index contributed by atoms with van der Waals surface area (Å²) in [5.74, 6) is 0.438. The van der Waals surface area contributed by atoms with Crippen LogP contribution in [0.2, 0.25) is 0 Å². The van der Waals surface area contributed by atoms with E-state index in [0.717, 1.165) is 11.3 Å². The quantitative estimate of drug-likeness (QED) is 0.787. The molecule has 0 heterocycles. The van der Waals surface area contributed by atoms with E-state index in [-0.39, 0.29) is 17.9 Å². The topological polar surface area (TPSA) is 55.1 Å². The predicted molar refractivity (Wildman–Crippen MR) is 71.4 cm³/mol. The molecule has 0 bridgehead atoms. The first-order valence-corrected chi connectivity index (χ1v) is 6.08. The van der Waals surface area contributed by atoms with Crippen LogP contribution in [0.15, 0.2) is 24.3 Å². The summed E-state index contributed by atoms with van der Waals surface area (Å²) in [6.45, 7) is 8.00. The second-order valence-electron chi connectivity index (χ2n) is 4.89. The number of hydrogen-bond acceptors (Lipinski definition) is 2. The van der Waals surface area contributed by atoms with Gasteiger partial charge in [-0.1, -0.05) is 39.0 Å². The third kappa shape index (κ3) is 3.48. The molecule has 2 atom stereocenters. The SMILES string of the molecule is CC(NC(=O)C(C)C(C)C)c1ccccc1N. The van der Waals surface area contributed by atoms with Gasteiger partial charge in [0.15, 0.2) is 0 Å². The number of amides is 1. The minimum atomic E-state index is -0.0510. The first-order valence-electron chi connectivity index (χ1n) is 6.08. The Labute approximate surface area is 103 Å². The summed E-state index contributed by atoms with van der Waals surface area (Å²) in [6, 6.07) is 7.57. The van der Waals surface area contributed by atoms with Crippen molar-refractivity contribution in [2.45, 2.75) is 33.7 Å². The zero-order valence-electron chi connectivity index (χ0n) is 11.0. The van der Waals surface area contributed by atoms with Crippen molar-refractivity contribution in [3.63, 3.8) is 0 Å². The number of para-hydroxylation sites is 1. The first-order chi connectivity index (χ1) is 7.93. The lowest BCUT2D eigenvalue weighted by Crippen LogP contribution is -2.34. The van der Waals surface area contributed by atoms with Gasteiger partial charge in [0.25, 0.3) is 0 Å². The van der Waals surface area contributed by atoms with Crippen molar-refractivity contribution in [3.8, 4) is 0 Å². The Bertz CT molecular complexity index is 388. The van der Waals surface area contributed by atoms with Crippen LogP contribution in [0.1, 0.15) is 39.3 Å². The van der Waals surface area contributed by atoms with E-state index in [0.29, 0.717) is 5.92 Å². The highest BCUT2D eigenvalue weighted by Crippen LogP contribution is 2.20. The van der Waals surface area contributed by atoms with E-state index in [4.69, 9.17) is 5.73 Å². The largest absolute Gasteiger partial charge is 0.398 e. The summed E-state index contributed by atoms with van der Waals surface area (Å²) in [5.41, 5.74) is 7.57. The van der Waals surface area contributed by atoms with Crippen molar-refractivity contribution in [2.75, 3.05) is 5.73 Å². The maximum Gasteiger partial charge on any atom is 0.223 e. The van der Waals surface area contributed by atoms with Gasteiger partial charge in [-0.05, 0) is 24.5 Å². The molecule has 17 heavy (non-hydrogen) atoms. The van der Waals surface area contributed by atoms with Crippen LogP contribution in [0.5, 0.6) is 0 Å². The zero-order chi connectivity index (χ0) is 13.0. The molecule has 3 N–H and O–H groups in total. The third-order valence-corrected chi connectivity index (χ3v) is 3.23. The molecule has 3 heteroatoms. The number of nitrogen functional groups attached to an aromatic ring is 1. The van der Waals surface area contributed by atoms with Crippen LogP contribution in [0, 0.1) is 11.8 Å². The monoisotopic (exact) mass is 234 g/mol. The number of rotatable bonds is 4. The molecule has 0 aliphatic rings. The van der Waals surface area contributed by atoms with Gasteiger partial charge in [-0.15, -0.1) is 0 Å². The Kier molecular flexibility index (Phi) is 4.55. The average Bonchev–Trinajstić information content (AvgIpc) is 2.28. The molecule has 2 unspecified atom stereocenters. The maximum atomic E-state index is 11.9. The van der Waals surface area contributed by atoms with Crippen LogP contribution in [-0.4, -0.2) is 5.91 Å². The standard InChI is InChI=1S/C14H22N2O/c1-9(2)10(3)14(17)16-11(4)12-7-5-6-8-13(12)15/h5-11H,15H2,1-4H3,(H,16,17). The van der Waals surface area contributed by atoms with Gasteiger partial charge in [0.05, 0.1) is 6.04 Å². The fraction of sp³-hybridized carbons (Fsp3) is 0.500. The number of nitrogens with one attached hydrogen (secondary N) is 1. The van der Waals surface area contributed by atoms with Gasteiger partial charge < -0.3 is 11.1 Å². The summed E-state index contributed by atoms with van der Waals surface area (Å²) in [6.07, 6.45) is 0. The van der Waals surface area contributed by atoms with E-state index < -0.39 is 0 Å². The second kappa shape index (κ2) is 5.71. The molecule has 0 aromatic heterocycles. The van der Waals surface area contributed by atoms with E-state index >= 15 is 0 Å². The Morgan fingerprint density at radius 3 is 2.29 bits per heavy atom. The molecule has 0 radical (unpaired) electrons. The number of carbonyl (C=O) groups excluding carboxylic acids is 1. The van der Waals surface area contributed by atoms with E-state index in [1.165, 1.54) is 0 Å². The Morgan fingerprint density at radius 1 is 1.18 bits per heavy atom. The van der Waals surface area contributed by atoms with E-state index in [9.17, 15) is 4.79 Å². The molecule has 1 rings (SSSR count). The molecular weight excluding hydrogens is 212 g/mol. The summed E-state index contributed by atoms with van der Waals surface area (Å²) >= 11 is 0. The van der Waals surface area contributed by atoms with E-state index in [1.807, 2.05) is 52.0 Å². The Balaban J connectivity index is 2.70. The molecule has 0 fully saturated rings. The van der Waals surface area contributed by atoms with Gasteiger partial charge in [0.2, 0.25) is 5.91 Å². The van der Waals surface area contributed by atoms with Crippen molar-refractivity contribution in [1.82, 2.24) is 5.32 Å². The maximum absolute atomic E-state index is 11.9. The van der Waals surface area contributed by atoms with E-state index in [2.05, 4.69) is 5.32 Å². The molecule has 0 spiro atoms. The van der Waals surface area contributed by atoms with Gasteiger partial charge in [-0.2, -0.15) is 0 Å². The second-order valence-corrected chi connectivity index (χ2v) is 4.89. The van der Waals surface area contributed by atoms with E-state index in [1.54, 1.807) is 0 Å². The summed E-state index contributed by atoms with van der Waals surface area (Å²) in [5, 5.41) is 3.00. The number of hydrogen-bond donors (Lipinski definition) is 2. The minimum absolute atomic E-state index is 0.0161. The highest BCUT2D eigenvalue weighted by molar-refractivity contribution is 5.79. The molecule has 94 valence electrons. The fourth-order valence-corrected chi connectivity index (χ4v) is 1.63. The highest BCUT2D eigenvalue weighted by Gasteiger charge is 2.19. The molecule has 0 saturated heterocycles. The van der Waals surface area contributed by atoms with Crippen LogP contribution in [0.4, 0.5) is 5.69 Å². The van der Waals surface area contributed by atoms with Crippen LogP contribution >= 0.6 is 0 Å². The normalized spacial score (nSPS) is 14.4. The van der Waals surface area contributed by atoms with Gasteiger partial charge in [-0.25, -0.2) is 0 Å². The molecule has 3 nitrogen and oxygen atoms in total. The third-order valence-electron chi connectivity index (χ3n) is 3.23. The van der Waals surface area contributed by atoms with Crippen molar-refractivity contribution in [3.05, 3.63) is 29.8 Å². The Hall–Kier alpha value is -1.51. The van der Waals surface area contributed by atoms with Crippen molar-refractivity contribution >= 4 is 11.6 Å². The highest BCUT2D eigenvalue weighted by atomic mass is 16.1. The van der Waals surface area contributed by atoms with Crippen molar-refractivity contribution in [2.24, 2.45) is 11.8 Å².